The summed E-state index contributed by atoms with van der Waals surface area (Å²) in [7, 11) is 1.66. The number of carbonyl (C=O) groups is 2. The Labute approximate surface area is 205 Å². The van der Waals surface area contributed by atoms with Crippen molar-refractivity contribution in [2.45, 2.75) is 26.8 Å². The average Bonchev–Trinajstić information content (AvgIpc) is 2.95. The number of hydrogen-bond donors (Lipinski definition) is 1. The number of rotatable bonds is 4. The molecule has 1 aromatic heterocycles. The second kappa shape index (κ2) is 9.90. The summed E-state index contributed by atoms with van der Waals surface area (Å²) < 4.78 is 11.7. The number of carbonyl (C=O) groups excluding carboxylic acids is 2. The molecule has 35 heavy (non-hydrogen) atoms. The number of para-hydroxylation sites is 1. The van der Waals surface area contributed by atoms with Crippen LogP contribution in [0.1, 0.15) is 36.8 Å². The highest BCUT2D eigenvalue weighted by molar-refractivity contribution is 6.03. The summed E-state index contributed by atoms with van der Waals surface area (Å²) in [6.07, 6.45) is 1.49. The minimum atomic E-state index is -0.885. The van der Waals surface area contributed by atoms with Gasteiger partial charge in [-0.3, -0.25) is 14.6 Å². The first kappa shape index (κ1) is 23.8. The molecule has 0 spiro atoms. The lowest BCUT2D eigenvalue weighted by Gasteiger charge is -2.20. The molecule has 1 aliphatic heterocycles. The number of ether oxygens (including phenoxy) is 2. The Balaban J connectivity index is 1.48. The van der Waals surface area contributed by atoms with Crippen molar-refractivity contribution in [3.05, 3.63) is 78.1 Å². The fourth-order valence-corrected chi connectivity index (χ4v) is 3.39. The number of hydrogen-bond acceptors (Lipinski definition) is 5. The molecule has 1 N–H and O–H groups in total. The van der Waals surface area contributed by atoms with Crippen LogP contribution in [-0.4, -0.2) is 36.5 Å². The van der Waals surface area contributed by atoms with Crippen LogP contribution in [0.5, 0.6) is 17.2 Å². The predicted molar refractivity (Wildman–Crippen MR) is 134 cm³/mol. The van der Waals surface area contributed by atoms with E-state index in [0.29, 0.717) is 22.9 Å². The van der Waals surface area contributed by atoms with Crippen LogP contribution in [0.25, 0.3) is 0 Å². The van der Waals surface area contributed by atoms with E-state index >= 15 is 0 Å². The molecule has 0 radical (unpaired) electrons. The molecule has 1 atom stereocenters. The zero-order chi connectivity index (χ0) is 25.0. The third-order valence-corrected chi connectivity index (χ3v) is 5.18. The molecule has 0 aliphatic carbocycles. The van der Waals surface area contributed by atoms with Gasteiger partial charge in [-0.1, -0.05) is 30.0 Å². The Kier molecular flexibility index (Phi) is 6.74. The van der Waals surface area contributed by atoms with E-state index in [1.54, 1.807) is 19.2 Å². The molecule has 0 saturated carbocycles. The molecule has 3 aromatic rings. The molecule has 4 rings (SSSR count). The highest BCUT2D eigenvalue weighted by Crippen LogP contribution is 2.31. The second-order valence-electron chi connectivity index (χ2n) is 9.21. The summed E-state index contributed by atoms with van der Waals surface area (Å²) in [6.45, 7) is 6.10. The molecule has 7 nitrogen and oxygen atoms in total. The maximum absolute atomic E-state index is 13.2. The summed E-state index contributed by atoms with van der Waals surface area (Å²) in [6, 6.07) is 17.0. The fraction of sp³-hybridized carbons (Fsp3) is 0.250. The lowest BCUT2D eigenvalue weighted by atomic mass is 9.97. The van der Waals surface area contributed by atoms with E-state index in [1.165, 1.54) is 17.2 Å². The first-order valence-corrected chi connectivity index (χ1v) is 11.3. The summed E-state index contributed by atoms with van der Waals surface area (Å²) >= 11 is 0. The SMILES string of the molecule is CN1C(=O)[C@@H](NC(=O)c2cc(Oc3ccccc3)ccn2)COc2ccc(C#CC(C)(C)C)cc21. The summed E-state index contributed by atoms with van der Waals surface area (Å²) in [5.41, 5.74) is 1.38. The topological polar surface area (TPSA) is 80.8 Å². The van der Waals surface area contributed by atoms with Gasteiger partial charge in [0.1, 0.15) is 35.6 Å². The lowest BCUT2D eigenvalue weighted by Crippen LogP contribution is -2.49. The smallest absolute Gasteiger partial charge is 0.270 e. The Bertz CT molecular complexity index is 1300. The maximum Gasteiger partial charge on any atom is 0.270 e. The first-order chi connectivity index (χ1) is 16.7. The predicted octanol–water partition coefficient (Wildman–Crippen LogP) is 4.43. The van der Waals surface area contributed by atoms with Gasteiger partial charge in [0.05, 0.1) is 5.69 Å². The summed E-state index contributed by atoms with van der Waals surface area (Å²) in [4.78, 5) is 31.7. The van der Waals surface area contributed by atoms with Crippen molar-refractivity contribution in [3.63, 3.8) is 0 Å². The highest BCUT2D eigenvalue weighted by atomic mass is 16.5. The van der Waals surface area contributed by atoms with Crippen molar-refractivity contribution in [2.75, 3.05) is 18.6 Å². The van der Waals surface area contributed by atoms with E-state index in [-0.39, 0.29) is 23.6 Å². The number of amides is 2. The molecule has 2 amide bonds. The Hall–Kier alpha value is -4.31. The van der Waals surface area contributed by atoms with Gasteiger partial charge in [0, 0.05) is 30.3 Å². The minimum absolute atomic E-state index is 0.00483. The molecule has 7 heteroatoms. The van der Waals surface area contributed by atoms with Crippen LogP contribution in [0.15, 0.2) is 66.9 Å². The summed E-state index contributed by atoms with van der Waals surface area (Å²) in [5.74, 6) is 7.20. The van der Waals surface area contributed by atoms with Gasteiger partial charge in [0.15, 0.2) is 0 Å². The zero-order valence-electron chi connectivity index (χ0n) is 20.2. The van der Waals surface area contributed by atoms with Crippen molar-refractivity contribution in [2.24, 2.45) is 5.41 Å². The van der Waals surface area contributed by atoms with Crippen LogP contribution >= 0.6 is 0 Å². The van der Waals surface area contributed by atoms with Crippen LogP contribution < -0.4 is 19.7 Å². The standard InChI is InChI=1S/C28H27N3O4/c1-28(2,3)14-12-19-10-11-25-24(16-19)31(4)27(33)23(18-34-25)30-26(32)22-17-21(13-15-29-22)35-20-8-6-5-7-9-20/h5-11,13,15-17,23H,18H2,1-4H3,(H,30,32)/t23-/m0/s1. The molecule has 0 fully saturated rings. The van der Waals surface area contributed by atoms with Gasteiger partial charge in [0.25, 0.3) is 11.8 Å². The molecule has 2 aromatic carbocycles. The Morgan fingerprint density at radius 3 is 2.63 bits per heavy atom. The molecule has 1 aliphatic rings. The molecule has 0 unspecified atom stereocenters. The molecule has 2 heterocycles. The van der Waals surface area contributed by atoms with Crippen molar-refractivity contribution >= 4 is 17.5 Å². The maximum atomic E-state index is 13.2. The van der Waals surface area contributed by atoms with Crippen molar-refractivity contribution < 1.29 is 19.1 Å². The Morgan fingerprint density at radius 1 is 1.11 bits per heavy atom. The number of likely N-dealkylation sites (N-methyl/N-ethyl adjacent to an activating group) is 1. The van der Waals surface area contributed by atoms with E-state index in [2.05, 4.69) is 22.1 Å². The second-order valence-corrected chi connectivity index (χ2v) is 9.21. The van der Waals surface area contributed by atoms with Crippen LogP contribution in [0.4, 0.5) is 5.69 Å². The Morgan fingerprint density at radius 2 is 1.89 bits per heavy atom. The highest BCUT2D eigenvalue weighted by Gasteiger charge is 2.31. The number of nitrogens with zero attached hydrogens (tertiary/aromatic N) is 2. The quantitative estimate of drug-likeness (QED) is 0.572. The van der Waals surface area contributed by atoms with E-state index in [4.69, 9.17) is 9.47 Å². The van der Waals surface area contributed by atoms with Crippen molar-refractivity contribution in [3.8, 4) is 29.1 Å². The average molecular weight is 470 g/mol. The van der Waals surface area contributed by atoms with Crippen molar-refractivity contribution in [1.82, 2.24) is 10.3 Å². The number of aromatic nitrogens is 1. The van der Waals surface area contributed by atoms with Crippen LogP contribution in [0.3, 0.4) is 0 Å². The third-order valence-electron chi connectivity index (χ3n) is 5.18. The number of nitrogens with one attached hydrogen (secondary N) is 1. The van der Waals surface area contributed by atoms with Crippen molar-refractivity contribution in [1.29, 1.82) is 0 Å². The number of pyridine rings is 1. The van der Waals surface area contributed by atoms with E-state index < -0.39 is 11.9 Å². The van der Waals surface area contributed by atoms with E-state index in [9.17, 15) is 9.59 Å². The van der Waals surface area contributed by atoms with E-state index in [1.807, 2.05) is 63.2 Å². The van der Waals surface area contributed by atoms with Gasteiger partial charge in [-0.05, 0) is 57.2 Å². The number of benzene rings is 2. The largest absolute Gasteiger partial charge is 0.489 e. The monoisotopic (exact) mass is 469 g/mol. The molecule has 178 valence electrons. The van der Waals surface area contributed by atoms with Gasteiger partial charge < -0.3 is 19.7 Å². The van der Waals surface area contributed by atoms with E-state index in [0.717, 1.165) is 5.56 Å². The summed E-state index contributed by atoms with van der Waals surface area (Å²) in [5, 5.41) is 2.74. The van der Waals surface area contributed by atoms with Gasteiger partial charge in [0.2, 0.25) is 0 Å². The van der Waals surface area contributed by atoms with Gasteiger partial charge in [-0.15, -0.1) is 0 Å². The third kappa shape index (κ3) is 5.98. The molecular formula is C28H27N3O4. The number of anilines is 1. The lowest BCUT2D eigenvalue weighted by molar-refractivity contribution is -0.120. The molecule has 0 saturated heterocycles. The normalized spacial score (nSPS) is 15.1. The number of fused-ring (bicyclic) bond motifs is 1. The van der Waals surface area contributed by atoms with Gasteiger partial charge >= 0.3 is 0 Å². The van der Waals surface area contributed by atoms with Crippen LogP contribution in [0, 0.1) is 17.3 Å². The van der Waals surface area contributed by atoms with Gasteiger partial charge in [-0.2, -0.15) is 0 Å². The van der Waals surface area contributed by atoms with Crippen LogP contribution in [0.2, 0.25) is 0 Å². The molecular weight excluding hydrogens is 442 g/mol. The zero-order valence-corrected chi connectivity index (χ0v) is 20.2. The molecule has 0 bridgehead atoms. The van der Waals surface area contributed by atoms with Crippen LogP contribution in [-0.2, 0) is 4.79 Å². The van der Waals surface area contributed by atoms with Gasteiger partial charge in [-0.25, -0.2) is 0 Å². The first-order valence-electron chi connectivity index (χ1n) is 11.3. The fourth-order valence-electron chi connectivity index (χ4n) is 3.39. The minimum Gasteiger partial charge on any atom is -0.489 e.